The Kier molecular flexibility index (Phi) is 8.29. The predicted octanol–water partition coefficient (Wildman–Crippen LogP) is 10.6. The van der Waals surface area contributed by atoms with E-state index in [0.717, 1.165) is 22.9 Å². The summed E-state index contributed by atoms with van der Waals surface area (Å²) in [7, 11) is 0. The van der Waals surface area contributed by atoms with Crippen LogP contribution in [0.5, 0.6) is 0 Å². The molecule has 3 aromatic heterocycles. The van der Waals surface area contributed by atoms with Gasteiger partial charge < -0.3 is 0 Å². The van der Waals surface area contributed by atoms with Crippen molar-refractivity contribution >= 4 is 45.4 Å². The van der Waals surface area contributed by atoms with Gasteiger partial charge in [0, 0.05) is 37.1 Å². The number of fused-ring (bicyclic) bond motifs is 4. The standard InChI is InChI=1S/C31H38N2S3/c1-5-9-12-21(7-3)19-31(20-22(8-4)13-10-6-2)24-16-17-34-29(24)30-25(31)18-27(35-30)23-14-11-15-26-28(23)33-36-32-26/h11,14,16,18,21-22H,5-10,12-13,19-20H2,1-4H3. The Morgan fingerprint density at radius 3 is 2.31 bits per heavy atom. The van der Waals surface area contributed by atoms with E-state index in [1.54, 1.807) is 11.1 Å². The van der Waals surface area contributed by atoms with Gasteiger partial charge in [-0.1, -0.05) is 91.2 Å². The summed E-state index contributed by atoms with van der Waals surface area (Å²) in [6.07, 6.45) is 13.0. The minimum absolute atomic E-state index is 0.110. The second-order valence-corrected chi connectivity index (χ2v) is 13.1. The minimum atomic E-state index is 0.110. The third kappa shape index (κ3) is 4.72. The number of hydrogen-bond donors (Lipinski definition) is 0. The Morgan fingerprint density at radius 1 is 0.917 bits per heavy atom. The van der Waals surface area contributed by atoms with E-state index >= 15 is 0 Å². The van der Waals surface area contributed by atoms with Gasteiger partial charge >= 0.3 is 0 Å². The summed E-state index contributed by atoms with van der Waals surface area (Å²) in [5.41, 5.74) is 6.37. The third-order valence-electron chi connectivity index (χ3n) is 8.42. The summed E-state index contributed by atoms with van der Waals surface area (Å²) in [5, 5.41) is 3.56. The van der Waals surface area contributed by atoms with Crippen LogP contribution in [0.4, 0.5) is 0 Å². The number of nitrogens with zero attached hydrogens (tertiary/aromatic N) is 2. The van der Waals surface area contributed by atoms with Crippen molar-refractivity contribution in [2.75, 3.05) is 0 Å². The third-order valence-corrected chi connectivity index (χ3v) is 11.1. The lowest BCUT2D eigenvalue weighted by atomic mass is 9.65. The fourth-order valence-electron chi connectivity index (χ4n) is 6.32. The van der Waals surface area contributed by atoms with E-state index in [-0.39, 0.29) is 5.41 Å². The molecule has 0 N–H and O–H groups in total. The summed E-state index contributed by atoms with van der Waals surface area (Å²) in [6, 6.07) is 12.3. The normalized spacial score (nSPS) is 18.4. The van der Waals surface area contributed by atoms with Gasteiger partial charge in [-0.05, 0) is 47.9 Å². The lowest BCUT2D eigenvalue weighted by molar-refractivity contribution is 0.266. The molecule has 190 valence electrons. The molecule has 0 spiro atoms. The number of hydrogen-bond acceptors (Lipinski definition) is 5. The fourth-order valence-corrected chi connectivity index (χ4v) is 9.20. The molecule has 4 aromatic rings. The predicted molar refractivity (Wildman–Crippen MR) is 158 cm³/mol. The highest BCUT2D eigenvalue weighted by atomic mass is 32.1. The second-order valence-electron chi connectivity index (χ2n) is 10.6. The van der Waals surface area contributed by atoms with Crippen LogP contribution < -0.4 is 0 Å². The number of aromatic nitrogens is 2. The van der Waals surface area contributed by atoms with Crippen LogP contribution in [-0.4, -0.2) is 8.75 Å². The van der Waals surface area contributed by atoms with Gasteiger partial charge in [0.15, 0.2) is 0 Å². The molecule has 36 heavy (non-hydrogen) atoms. The zero-order chi connectivity index (χ0) is 25.1. The van der Waals surface area contributed by atoms with Gasteiger partial charge in [0.1, 0.15) is 11.0 Å². The van der Waals surface area contributed by atoms with Gasteiger partial charge in [0.05, 0.1) is 11.7 Å². The monoisotopic (exact) mass is 534 g/mol. The Balaban J connectivity index is 1.63. The Morgan fingerprint density at radius 2 is 1.64 bits per heavy atom. The first-order valence-electron chi connectivity index (χ1n) is 13.9. The maximum absolute atomic E-state index is 4.64. The van der Waals surface area contributed by atoms with E-state index in [9.17, 15) is 0 Å². The number of benzene rings is 1. The molecule has 2 radical (unpaired) electrons. The van der Waals surface area contributed by atoms with E-state index in [2.05, 4.69) is 66.1 Å². The van der Waals surface area contributed by atoms with Crippen molar-refractivity contribution in [3.05, 3.63) is 46.8 Å². The largest absolute Gasteiger partial charge is 0.172 e. The number of thiophene rings is 2. The highest BCUT2D eigenvalue weighted by molar-refractivity contribution is 7.23. The van der Waals surface area contributed by atoms with Crippen molar-refractivity contribution < 1.29 is 0 Å². The van der Waals surface area contributed by atoms with E-state index < -0.39 is 0 Å². The van der Waals surface area contributed by atoms with Gasteiger partial charge in [-0.15, -0.1) is 22.7 Å². The van der Waals surface area contributed by atoms with Crippen molar-refractivity contribution in [2.24, 2.45) is 11.8 Å². The lowest BCUT2D eigenvalue weighted by Crippen LogP contribution is -2.31. The van der Waals surface area contributed by atoms with Crippen molar-refractivity contribution in [3.8, 4) is 20.2 Å². The first-order chi connectivity index (χ1) is 17.6. The molecule has 0 fully saturated rings. The highest BCUT2D eigenvalue weighted by Crippen LogP contribution is 2.61. The number of unbranched alkanes of at least 4 members (excludes halogenated alkanes) is 2. The summed E-state index contributed by atoms with van der Waals surface area (Å²) in [4.78, 5) is 4.30. The Labute approximate surface area is 229 Å². The zero-order valence-electron chi connectivity index (χ0n) is 22.2. The summed E-state index contributed by atoms with van der Waals surface area (Å²) in [6.45, 7) is 9.47. The first kappa shape index (κ1) is 26.1. The Bertz CT molecular complexity index is 1260. The lowest BCUT2D eigenvalue weighted by Gasteiger charge is -2.37. The molecule has 1 aliphatic rings. The summed E-state index contributed by atoms with van der Waals surface area (Å²) in [5.74, 6) is 1.52. The van der Waals surface area contributed by atoms with Gasteiger partial charge in [-0.3, -0.25) is 0 Å². The molecule has 1 aliphatic carbocycles. The molecule has 0 bridgehead atoms. The van der Waals surface area contributed by atoms with Crippen molar-refractivity contribution in [1.29, 1.82) is 0 Å². The molecule has 2 nitrogen and oxygen atoms in total. The van der Waals surface area contributed by atoms with E-state index in [4.69, 9.17) is 0 Å². The molecular weight excluding hydrogens is 497 g/mol. The molecule has 0 aliphatic heterocycles. The first-order valence-corrected chi connectivity index (χ1v) is 16.3. The van der Waals surface area contributed by atoms with E-state index in [1.807, 2.05) is 28.7 Å². The molecule has 5 heteroatoms. The molecule has 1 aromatic carbocycles. The maximum Gasteiger partial charge on any atom is 0.114 e. The molecular formula is C31H38N2S3. The molecule has 2 atom stereocenters. The smallest absolute Gasteiger partial charge is 0.114 e. The number of rotatable bonds is 13. The van der Waals surface area contributed by atoms with Crippen molar-refractivity contribution in [1.82, 2.24) is 8.75 Å². The van der Waals surface area contributed by atoms with Crippen LogP contribution in [0.25, 0.3) is 31.2 Å². The van der Waals surface area contributed by atoms with Crippen LogP contribution in [0.15, 0.2) is 24.3 Å². The Hall–Kier alpha value is -1.56. The van der Waals surface area contributed by atoms with Gasteiger partial charge in [0.2, 0.25) is 0 Å². The van der Waals surface area contributed by atoms with Gasteiger partial charge in [-0.25, -0.2) is 0 Å². The molecule has 2 unspecified atom stereocenters. The van der Waals surface area contributed by atoms with Crippen LogP contribution >= 0.6 is 34.4 Å². The SMILES string of the molecule is CCCCC(CC)CC1(CC(CC)CCCC)c2c[c]sc2-c2sc(-c3cc[c]c4nsnc34)cc21. The quantitative estimate of drug-likeness (QED) is 0.170. The average molecular weight is 535 g/mol. The molecule has 3 heterocycles. The minimum Gasteiger partial charge on any atom is -0.172 e. The van der Waals surface area contributed by atoms with Crippen LogP contribution in [0, 0.1) is 23.3 Å². The fraction of sp³-hybridized carbons (Fsp3) is 0.548. The van der Waals surface area contributed by atoms with Gasteiger partial charge in [-0.2, -0.15) is 8.75 Å². The van der Waals surface area contributed by atoms with Crippen molar-refractivity contribution in [3.63, 3.8) is 0 Å². The van der Waals surface area contributed by atoms with Crippen molar-refractivity contribution in [2.45, 2.75) is 97.3 Å². The van der Waals surface area contributed by atoms with Gasteiger partial charge in [0.25, 0.3) is 0 Å². The summed E-state index contributed by atoms with van der Waals surface area (Å²) >= 11 is 5.08. The highest BCUT2D eigenvalue weighted by Gasteiger charge is 2.47. The van der Waals surface area contributed by atoms with Crippen LogP contribution in [0.1, 0.15) is 103 Å². The van der Waals surface area contributed by atoms with E-state index in [1.165, 1.54) is 96.1 Å². The van der Waals surface area contributed by atoms with E-state index in [0.29, 0.717) is 0 Å². The zero-order valence-corrected chi connectivity index (χ0v) is 24.6. The molecule has 5 rings (SSSR count). The topological polar surface area (TPSA) is 25.8 Å². The molecule has 0 saturated heterocycles. The molecule has 0 amide bonds. The van der Waals surface area contributed by atoms with Crippen LogP contribution in [-0.2, 0) is 5.41 Å². The van der Waals surface area contributed by atoms with Crippen LogP contribution in [0.2, 0.25) is 0 Å². The summed E-state index contributed by atoms with van der Waals surface area (Å²) < 4.78 is 9.10. The average Bonchev–Trinajstić information content (AvgIpc) is 3.68. The second kappa shape index (κ2) is 11.4. The molecule has 0 saturated carbocycles. The van der Waals surface area contributed by atoms with Crippen LogP contribution in [0.3, 0.4) is 0 Å². The maximum atomic E-state index is 4.64.